The van der Waals surface area contributed by atoms with E-state index in [9.17, 15) is 0 Å². The number of nitrogens with one attached hydrogen (secondary N) is 1. The van der Waals surface area contributed by atoms with Gasteiger partial charge in [0.05, 0.1) is 0 Å². The third-order valence-corrected chi connectivity index (χ3v) is 4.43. The van der Waals surface area contributed by atoms with E-state index < -0.39 is 0 Å². The molecule has 0 heterocycles. The molecule has 1 aliphatic carbocycles. The Balaban J connectivity index is 2.44. The summed E-state index contributed by atoms with van der Waals surface area (Å²) in [6, 6.07) is 0.801. The Kier molecular flexibility index (Phi) is 5.11. The van der Waals surface area contributed by atoms with E-state index in [0.717, 1.165) is 12.0 Å². The molecule has 1 aliphatic rings. The van der Waals surface area contributed by atoms with E-state index in [1.54, 1.807) is 0 Å². The van der Waals surface area contributed by atoms with Gasteiger partial charge in [0.2, 0.25) is 0 Å². The summed E-state index contributed by atoms with van der Waals surface area (Å²) in [5, 5.41) is 3.69. The second kappa shape index (κ2) is 5.89. The first-order valence-corrected chi connectivity index (χ1v) is 6.89. The fourth-order valence-corrected chi connectivity index (χ4v) is 3.44. The van der Waals surface area contributed by atoms with Crippen molar-refractivity contribution in [2.24, 2.45) is 11.3 Å². The summed E-state index contributed by atoms with van der Waals surface area (Å²) < 4.78 is 0. The standard InChI is InChI=1S/C14H29N/c1-5-10-15-13-8-9-14(4,11-13)12(6-2)7-3/h12-13,15H,5-11H2,1-4H3. The molecule has 1 heteroatoms. The molecule has 1 nitrogen and oxygen atoms in total. The van der Waals surface area contributed by atoms with Gasteiger partial charge in [0.15, 0.2) is 0 Å². The molecule has 0 aromatic carbocycles. The fourth-order valence-electron chi connectivity index (χ4n) is 3.44. The van der Waals surface area contributed by atoms with E-state index in [1.807, 2.05) is 0 Å². The molecule has 0 aliphatic heterocycles. The molecule has 1 N–H and O–H groups in total. The van der Waals surface area contributed by atoms with Gasteiger partial charge >= 0.3 is 0 Å². The van der Waals surface area contributed by atoms with Gasteiger partial charge in [-0.1, -0.05) is 40.5 Å². The predicted octanol–water partition coefficient (Wildman–Crippen LogP) is 3.98. The van der Waals surface area contributed by atoms with Crippen molar-refractivity contribution in [1.82, 2.24) is 5.32 Å². The largest absolute Gasteiger partial charge is 0.314 e. The predicted molar refractivity (Wildman–Crippen MR) is 68.1 cm³/mol. The lowest BCUT2D eigenvalue weighted by atomic mass is 9.73. The Morgan fingerprint density at radius 1 is 1.27 bits per heavy atom. The monoisotopic (exact) mass is 211 g/mol. The minimum absolute atomic E-state index is 0.620. The molecular weight excluding hydrogens is 182 g/mol. The molecule has 15 heavy (non-hydrogen) atoms. The molecule has 0 aromatic rings. The maximum Gasteiger partial charge on any atom is 0.00725 e. The molecule has 1 saturated carbocycles. The summed E-state index contributed by atoms with van der Waals surface area (Å²) in [5.74, 6) is 0.936. The zero-order chi connectivity index (χ0) is 11.3. The molecule has 0 radical (unpaired) electrons. The highest BCUT2D eigenvalue weighted by molar-refractivity contribution is 4.92. The van der Waals surface area contributed by atoms with Crippen LogP contribution in [-0.4, -0.2) is 12.6 Å². The second-order valence-electron chi connectivity index (χ2n) is 5.56. The van der Waals surface area contributed by atoms with Gasteiger partial charge in [-0.15, -0.1) is 0 Å². The molecule has 0 saturated heterocycles. The van der Waals surface area contributed by atoms with Gasteiger partial charge < -0.3 is 5.32 Å². The van der Waals surface area contributed by atoms with Gasteiger partial charge in [-0.3, -0.25) is 0 Å². The summed E-state index contributed by atoms with van der Waals surface area (Å²) in [6.45, 7) is 10.7. The zero-order valence-electron chi connectivity index (χ0n) is 11.1. The van der Waals surface area contributed by atoms with Crippen LogP contribution in [0.25, 0.3) is 0 Å². The van der Waals surface area contributed by atoms with E-state index in [-0.39, 0.29) is 0 Å². The molecule has 0 spiro atoms. The topological polar surface area (TPSA) is 12.0 Å². The Morgan fingerprint density at radius 3 is 2.47 bits per heavy atom. The zero-order valence-corrected chi connectivity index (χ0v) is 11.1. The van der Waals surface area contributed by atoms with Crippen molar-refractivity contribution < 1.29 is 0 Å². The van der Waals surface area contributed by atoms with Crippen LogP contribution in [0.4, 0.5) is 0 Å². The molecule has 90 valence electrons. The summed E-state index contributed by atoms with van der Waals surface area (Å²) in [5.41, 5.74) is 0.620. The van der Waals surface area contributed by atoms with Crippen molar-refractivity contribution in [3.05, 3.63) is 0 Å². The number of hydrogen-bond acceptors (Lipinski definition) is 1. The van der Waals surface area contributed by atoms with E-state index in [1.165, 1.54) is 45.1 Å². The maximum absolute atomic E-state index is 3.69. The first-order chi connectivity index (χ1) is 7.16. The summed E-state index contributed by atoms with van der Waals surface area (Å²) >= 11 is 0. The van der Waals surface area contributed by atoms with Crippen molar-refractivity contribution in [3.8, 4) is 0 Å². The highest BCUT2D eigenvalue weighted by Gasteiger charge is 2.39. The molecule has 0 aromatic heterocycles. The Morgan fingerprint density at radius 2 is 1.93 bits per heavy atom. The quantitative estimate of drug-likeness (QED) is 0.700. The van der Waals surface area contributed by atoms with Crippen LogP contribution < -0.4 is 5.32 Å². The van der Waals surface area contributed by atoms with Crippen LogP contribution in [0.15, 0.2) is 0 Å². The smallest absolute Gasteiger partial charge is 0.00725 e. The maximum atomic E-state index is 3.69. The van der Waals surface area contributed by atoms with Gasteiger partial charge in [0.25, 0.3) is 0 Å². The van der Waals surface area contributed by atoms with E-state index in [2.05, 4.69) is 33.0 Å². The van der Waals surface area contributed by atoms with Gasteiger partial charge in [-0.25, -0.2) is 0 Å². The first kappa shape index (κ1) is 13.0. The van der Waals surface area contributed by atoms with Gasteiger partial charge in [0, 0.05) is 6.04 Å². The van der Waals surface area contributed by atoms with Crippen molar-refractivity contribution in [3.63, 3.8) is 0 Å². The second-order valence-corrected chi connectivity index (χ2v) is 5.56. The highest BCUT2D eigenvalue weighted by Crippen LogP contribution is 2.46. The van der Waals surface area contributed by atoms with Crippen LogP contribution in [0.1, 0.15) is 66.2 Å². The summed E-state index contributed by atoms with van der Waals surface area (Å²) in [6.07, 6.45) is 8.20. The summed E-state index contributed by atoms with van der Waals surface area (Å²) in [7, 11) is 0. The lowest BCUT2D eigenvalue weighted by molar-refractivity contribution is 0.176. The molecule has 0 bridgehead atoms. The van der Waals surface area contributed by atoms with Crippen molar-refractivity contribution in [2.75, 3.05) is 6.54 Å². The van der Waals surface area contributed by atoms with Gasteiger partial charge in [-0.05, 0) is 43.6 Å². The highest BCUT2D eigenvalue weighted by atomic mass is 14.9. The van der Waals surface area contributed by atoms with Crippen LogP contribution in [0.5, 0.6) is 0 Å². The Hall–Kier alpha value is -0.0400. The minimum atomic E-state index is 0.620. The first-order valence-electron chi connectivity index (χ1n) is 6.89. The van der Waals surface area contributed by atoms with Gasteiger partial charge in [-0.2, -0.15) is 0 Å². The van der Waals surface area contributed by atoms with Crippen molar-refractivity contribution in [1.29, 1.82) is 0 Å². The van der Waals surface area contributed by atoms with E-state index in [4.69, 9.17) is 0 Å². The molecule has 1 fully saturated rings. The van der Waals surface area contributed by atoms with Crippen LogP contribution in [-0.2, 0) is 0 Å². The SMILES string of the molecule is CCCNC1CCC(C)(C(CC)CC)C1. The molecule has 0 amide bonds. The normalized spacial score (nSPS) is 31.4. The van der Waals surface area contributed by atoms with Crippen LogP contribution in [0, 0.1) is 11.3 Å². The lowest BCUT2D eigenvalue weighted by Gasteiger charge is -2.33. The third kappa shape index (κ3) is 3.21. The van der Waals surface area contributed by atoms with E-state index in [0.29, 0.717) is 5.41 Å². The van der Waals surface area contributed by atoms with Gasteiger partial charge in [0.1, 0.15) is 0 Å². The lowest BCUT2D eigenvalue weighted by Crippen LogP contribution is -2.30. The molecule has 2 atom stereocenters. The minimum Gasteiger partial charge on any atom is -0.314 e. The molecule has 1 rings (SSSR count). The van der Waals surface area contributed by atoms with E-state index >= 15 is 0 Å². The number of hydrogen-bond donors (Lipinski definition) is 1. The average molecular weight is 211 g/mol. The van der Waals surface area contributed by atoms with Crippen LogP contribution >= 0.6 is 0 Å². The van der Waals surface area contributed by atoms with Crippen LogP contribution in [0.3, 0.4) is 0 Å². The molecule has 2 unspecified atom stereocenters. The third-order valence-electron chi connectivity index (χ3n) is 4.43. The fraction of sp³-hybridized carbons (Fsp3) is 1.00. The Labute approximate surface area is 96.0 Å². The van der Waals surface area contributed by atoms with Crippen molar-refractivity contribution in [2.45, 2.75) is 72.3 Å². The van der Waals surface area contributed by atoms with Crippen LogP contribution in [0.2, 0.25) is 0 Å². The van der Waals surface area contributed by atoms with Crippen molar-refractivity contribution >= 4 is 0 Å². The molecular formula is C14H29N. The Bertz CT molecular complexity index is 174. The number of rotatable bonds is 6. The average Bonchev–Trinajstić information content (AvgIpc) is 2.60. The summed E-state index contributed by atoms with van der Waals surface area (Å²) in [4.78, 5) is 0.